The Morgan fingerprint density at radius 3 is 2.95 bits per heavy atom. The van der Waals surface area contributed by atoms with Crippen LogP contribution in [0.15, 0.2) is 36.7 Å². The maximum Gasteiger partial charge on any atom is 0.317 e. The fourth-order valence-electron chi connectivity index (χ4n) is 2.66. The highest BCUT2D eigenvalue weighted by molar-refractivity contribution is 5.74. The van der Waals surface area contributed by atoms with E-state index in [0.717, 1.165) is 30.8 Å². The largest absolute Gasteiger partial charge is 0.338 e. The SMILES string of the molecule is Cn1cnc2c1CN(C(=O)NCCc1ccccc1)CC2. The molecule has 2 heterocycles. The van der Waals surface area contributed by atoms with Crippen LogP contribution in [0.1, 0.15) is 17.0 Å². The van der Waals surface area contributed by atoms with E-state index in [1.165, 1.54) is 5.56 Å². The van der Waals surface area contributed by atoms with Gasteiger partial charge < -0.3 is 14.8 Å². The van der Waals surface area contributed by atoms with E-state index in [1.807, 2.05) is 41.0 Å². The van der Waals surface area contributed by atoms with Crippen molar-refractivity contribution in [3.63, 3.8) is 0 Å². The van der Waals surface area contributed by atoms with Crippen LogP contribution in [0.2, 0.25) is 0 Å². The number of carbonyl (C=O) groups is 1. The van der Waals surface area contributed by atoms with Crippen LogP contribution in [0.5, 0.6) is 0 Å². The van der Waals surface area contributed by atoms with Crippen LogP contribution in [0.4, 0.5) is 4.79 Å². The van der Waals surface area contributed by atoms with Gasteiger partial charge in [0.25, 0.3) is 0 Å². The Morgan fingerprint density at radius 2 is 2.14 bits per heavy atom. The van der Waals surface area contributed by atoms with Crippen molar-refractivity contribution >= 4 is 6.03 Å². The van der Waals surface area contributed by atoms with Crippen LogP contribution < -0.4 is 5.32 Å². The molecule has 2 aromatic rings. The minimum atomic E-state index is 0.0118. The van der Waals surface area contributed by atoms with Crippen molar-refractivity contribution in [2.45, 2.75) is 19.4 Å². The van der Waals surface area contributed by atoms with E-state index in [-0.39, 0.29) is 6.03 Å². The number of hydrogen-bond acceptors (Lipinski definition) is 2. The molecule has 110 valence electrons. The fraction of sp³-hybridized carbons (Fsp3) is 0.375. The van der Waals surface area contributed by atoms with Gasteiger partial charge in [-0.25, -0.2) is 9.78 Å². The molecule has 1 aromatic heterocycles. The van der Waals surface area contributed by atoms with Gasteiger partial charge in [-0.3, -0.25) is 0 Å². The standard InChI is InChI=1S/C16H20N4O/c1-19-12-18-14-8-10-20(11-15(14)19)16(21)17-9-7-13-5-3-2-4-6-13/h2-6,12H,7-11H2,1H3,(H,17,21). The van der Waals surface area contributed by atoms with Gasteiger partial charge in [-0.1, -0.05) is 30.3 Å². The van der Waals surface area contributed by atoms with Crippen LogP contribution in [0.3, 0.4) is 0 Å². The zero-order valence-corrected chi connectivity index (χ0v) is 12.2. The minimum absolute atomic E-state index is 0.0118. The predicted molar refractivity (Wildman–Crippen MR) is 80.9 cm³/mol. The number of nitrogens with one attached hydrogen (secondary N) is 1. The van der Waals surface area contributed by atoms with Crippen molar-refractivity contribution < 1.29 is 4.79 Å². The van der Waals surface area contributed by atoms with Gasteiger partial charge in [0.1, 0.15) is 0 Å². The lowest BCUT2D eigenvalue weighted by atomic mass is 10.1. The monoisotopic (exact) mass is 284 g/mol. The smallest absolute Gasteiger partial charge is 0.317 e. The number of benzene rings is 1. The van der Waals surface area contributed by atoms with E-state index < -0.39 is 0 Å². The van der Waals surface area contributed by atoms with Crippen molar-refractivity contribution in [2.75, 3.05) is 13.1 Å². The molecule has 21 heavy (non-hydrogen) atoms. The van der Waals surface area contributed by atoms with Gasteiger partial charge in [-0.2, -0.15) is 0 Å². The van der Waals surface area contributed by atoms with Crippen LogP contribution >= 0.6 is 0 Å². The number of nitrogens with zero attached hydrogens (tertiary/aromatic N) is 3. The normalized spacial score (nSPS) is 13.9. The number of amides is 2. The first-order valence-corrected chi connectivity index (χ1v) is 7.30. The van der Waals surface area contributed by atoms with Crippen molar-refractivity contribution in [1.29, 1.82) is 0 Å². The number of carbonyl (C=O) groups excluding carboxylic acids is 1. The first-order chi connectivity index (χ1) is 10.2. The Hall–Kier alpha value is -2.30. The van der Waals surface area contributed by atoms with Crippen LogP contribution in [0.25, 0.3) is 0 Å². The minimum Gasteiger partial charge on any atom is -0.338 e. The molecule has 5 nitrogen and oxygen atoms in total. The summed E-state index contributed by atoms with van der Waals surface area (Å²) in [4.78, 5) is 18.4. The molecule has 0 bridgehead atoms. The Kier molecular flexibility index (Phi) is 3.90. The maximum atomic E-state index is 12.2. The number of fused-ring (bicyclic) bond motifs is 1. The lowest BCUT2D eigenvalue weighted by Crippen LogP contribution is -2.43. The number of rotatable bonds is 3. The van der Waals surface area contributed by atoms with Gasteiger partial charge >= 0.3 is 6.03 Å². The molecule has 0 atom stereocenters. The summed E-state index contributed by atoms with van der Waals surface area (Å²) in [5, 5.41) is 3.00. The molecule has 0 spiro atoms. The highest BCUT2D eigenvalue weighted by Gasteiger charge is 2.23. The van der Waals surface area contributed by atoms with Crippen molar-refractivity contribution in [1.82, 2.24) is 19.8 Å². The number of aryl methyl sites for hydroxylation is 1. The maximum absolute atomic E-state index is 12.2. The van der Waals surface area contributed by atoms with E-state index >= 15 is 0 Å². The molecule has 0 radical (unpaired) electrons. The summed E-state index contributed by atoms with van der Waals surface area (Å²) in [6, 6.07) is 10.2. The Labute approximate surface area is 124 Å². The van der Waals surface area contributed by atoms with Crippen LogP contribution in [0, 0.1) is 0 Å². The Morgan fingerprint density at radius 1 is 1.33 bits per heavy atom. The molecular weight excluding hydrogens is 264 g/mol. The molecule has 0 unspecified atom stereocenters. The van der Waals surface area contributed by atoms with E-state index in [1.54, 1.807) is 0 Å². The molecule has 0 aliphatic carbocycles. The van der Waals surface area contributed by atoms with Gasteiger partial charge in [0.05, 0.1) is 24.3 Å². The van der Waals surface area contributed by atoms with E-state index in [0.29, 0.717) is 13.1 Å². The van der Waals surface area contributed by atoms with Crippen LogP contribution in [-0.2, 0) is 26.4 Å². The third kappa shape index (κ3) is 3.07. The van der Waals surface area contributed by atoms with Crippen molar-refractivity contribution in [3.05, 3.63) is 53.6 Å². The van der Waals surface area contributed by atoms with E-state index in [9.17, 15) is 4.79 Å². The summed E-state index contributed by atoms with van der Waals surface area (Å²) >= 11 is 0. The second-order valence-corrected chi connectivity index (χ2v) is 5.39. The van der Waals surface area contributed by atoms with Gasteiger partial charge in [-0.05, 0) is 12.0 Å². The molecule has 3 rings (SSSR count). The topological polar surface area (TPSA) is 50.2 Å². The molecule has 5 heteroatoms. The average Bonchev–Trinajstić information content (AvgIpc) is 2.89. The molecule has 1 N–H and O–H groups in total. The molecule has 1 aliphatic rings. The summed E-state index contributed by atoms with van der Waals surface area (Å²) in [6.45, 7) is 2.04. The zero-order chi connectivity index (χ0) is 14.7. The Bertz CT molecular complexity index is 620. The highest BCUT2D eigenvalue weighted by Crippen LogP contribution is 2.16. The van der Waals surface area contributed by atoms with Crippen molar-refractivity contribution in [3.8, 4) is 0 Å². The predicted octanol–water partition coefficient (Wildman–Crippen LogP) is 1.73. The lowest BCUT2D eigenvalue weighted by Gasteiger charge is -2.27. The first-order valence-electron chi connectivity index (χ1n) is 7.30. The summed E-state index contributed by atoms with van der Waals surface area (Å²) < 4.78 is 2.00. The number of imidazole rings is 1. The highest BCUT2D eigenvalue weighted by atomic mass is 16.2. The second-order valence-electron chi connectivity index (χ2n) is 5.39. The molecule has 0 saturated carbocycles. The summed E-state index contributed by atoms with van der Waals surface area (Å²) in [5.74, 6) is 0. The van der Waals surface area contributed by atoms with Gasteiger partial charge in [0, 0.05) is 26.6 Å². The lowest BCUT2D eigenvalue weighted by molar-refractivity contribution is 0.191. The van der Waals surface area contributed by atoms with Gasteiger partial charge in [-0.15, -0.1) is 0 Å². The molecule has 1 aliphatic heterocycles. The molecule has 0 saturated heterocycles. The molecule has 2 amide bonds. The summed E-state index contributed by atoms with van der Waals surface area (Å²) in [6.07, 6.45) is 3.52. The fourth-order valence-corrected chi connectivity index (χ4v) is 2.66. The number of aromatic nitrogens is 2. The van der Waals surface area contributed by atoms with Crippen molar-refractivity contribution in [2.24, 2.45) is 7.05 Å². The quantitative estimate of drug-likeness (QED) is 0.933. The van der Waals surface area contributed by atoms with E-state index in [2.05, 4.69) is 22.4 Å². The zero-order valence-electron chi connectivity index (χ0n) is 12.2. The first kappa shape index (κ1) is 13.7. The Balaban J connectivity index is 1.51. The second kappa shape index (κ2) is 5.99. The van der Waals surface area contributed by atoms with Gasteiger partial charge in [0.2, 0.25) is 0 Å². The third-order valence-corrected chi connectivity index (χ3v) is 3.92. The molecule has 1 aromatic carbocycles. The molecule has 0 fully saturated rings. The number of hydrogen-bond donors (Lipinski definition) is 1. The average molecular weight is 284 g/mol. The van der Waals surface area contributed by atoms with Gasteiger partial charge in [0.15, 0.2) is 0 Å². The summed E-state index contributed by atoms with van der Waals surface area (Å²) in [5.41, 5.74) is 3.50. The summed E-state index contributed by atoms with van der Waals surface area (Å²) in [7, 11) is 1.97. The molecular formula is C16H20N4O. The third-order valence-electron chi connectivity index (χ3n) is 3.92. The van der Waals surface area contributed by atoms with Crippen LogP contribution in [-0.4, -0.2) is 33.6 Å². The number of urea groups is 1. The van der Waals surface area contributed by atoms with E-state index in [4.69, 9.17) is 0 Å².